The number of nitrogens with one attached hydrogen (secondary N) is 2. The van der Waals surface area contributed by atoms with Gasteiger partial charge < -0.3 is 10.1 Å². The summed E-state index contributed by atoms with van der Waals surface area (Å²) in [5, 5.41) is 4.95. The average molecular weight is 445 g/mol. The molecule has 2 N–H and O–H groups in total. The van der Waals surface area contributed by atoms with Gasteiger partial charge in [-0.25, -0.2) is 8.42 Å². The van der Waals surface area contributed by atoms with E-state index in [0.717, 1.165) is 47.4 Å². The quantitative estimate of drug-likeness (QED) is 0.606. The van der Waals surface area contributed by atoms with Crippen LogP contribution in [0, 0.1) is 0 Å². The van der Waals surface area contributed by atoms with E-state index in [2.05, 4.69) is 10.0 Å². The molecule has 4 rings (SSSR count). The van der Waals surface area contributed by atoms with Crippen LogP contribution in [0.2, 0.25) is 4.34 Å². The molecule has 1 aliphatic rings. The second-order valence-corrected chi connectivity index (χ2v) is 9.68. The van der Waals surface area contributed by atoms with Crippen LogP contribution < -0.4 is 14.8 Å². The Kier molecular flexibility index (Phi) is 6.18. The summed E-state index contributed by atoms with van der Waals surface area (Å²) in [5.41, 5.74) is 0.516. The van der Waals surface area contributed by atoms with E-state index < -0.39 is 10.0 Å². The van der Waals surface area contributed by atoms with E-state index in [1.807, 2.05) is 30.3 Å². The molecule has 9 heteroatoms. The SMILES string of the molecule is Cl.O=S(=O)(Nc1ccc(OC2CCNC2)c2ccccc12)c1ccc(Cl)s1. The molecule has 1 fully saturated rings. The van der Waals surface area contributed by atoms with Gasteiger partial charge in [0, 0.05) is 17.3 Å². The zero-order valence-electron chi connectivity index (χ0n) is 14.1. The van der Waals surface area contributed by atoms with Gasteiger partial charge in [-0.3, -0.25) is 4.72 Å². The normalized spacial score (nSPS) is 16.9. The maximum absolute atomic E-state index is 12.6. The number of thiophene rings is 1. The molecule has 2 heterocycles. The van der Waals surface area contributed by atoms with Gasteiger partial charge in [0.15, 0.2) is 0 Å². The van der Waals surface area contributed by atoms with Crippen LogP contribution in [0.3, 0.4) is 0 Å². The number of ether oxygens (including phenoxy) is 1. The second kappa shape index (κ2) is 8.24. The summed E-state index contributed by atoms with van der Waals surface area (Å²) >= 11 is 6.90. The summed E-state index contributed by atoms with van der Waals surface area (Å²) in [6.07, 6.45) is 1.09. The van der Waals surface area contributed by atoms with E-state index in [4.69, 9.17) is 16.3 Å². The zero-order valence-corrected chi connectivity index (χ0v) is 17.4. The van der Waals surface area contributed by atoms with E-state index in [1.165, 1.54) is 6.07 Å². The predicted octanol–water partition coefficient (Wildman–Crippen LogP) is 4.52. The molecular weight excluding hydrogens is 427 g/mol. The van der Waals surface area contributed by atoms with E-state index in [9.17, 15) is 8.42 Å². The van der Waals surface area contributed by atoms with E-state index >= 15 is 0 Å². The lowest BCUT2D eigenvalue weighted by molar-refractivity contribution is 0.226. The second-order valence-electron chi connectivity index (χ2n) is 6.05. The molecule has 3 aromatic rings. The van der Waals surface area contributed by atoms with E-state index in [0.29, 0.717) is 10.0 Å². The summed E-state index contributed by atoms with van der Waals surface area (Å²) in [5.74, 6) is 0.761. The lowest BCUT2D eigenvalue weighted by Crippen LogP contribution is -2.19. The van der Waals surface area contributed by atoms with Gasteiger partial charge in [-0.05, 0) is 37.2 Å². The van der Waals surface area contributed by atoms with Crippen molar-refractivity contribution >= 4 is 61.8 Å². The highest BCUT2D eigenvalue weighted by Gasteiger charge is 2.20. The number of hydrogen-bond donors (Lipinski definition) is 2. The number of hydrogen-bond acceptors (Lipinski definition) is 5. The van der Waals surface area contributed by atoms with Gasteiger partial charge in [0.1, 0.15) is 16.1 Å². The molecule has 1 atom stereocenters. The van der Waals surface area contributed by atoms with Crippen LogP contribution in [0.15, 0.2) is 52.7 Å². The van der Waals surface area contributed by atoms with Gasteiger partial charge in [-0.1, -0.05) is 35.9 Å². The monoisotopic (exact) mass is 444 g/mol. The maximum atomic E-state index is 12.6. The summed E-state index contributed by atoms with van der Waals surface area (Å²) in [4.78, 5) is 0. The minimum absolute atomic E-state index is 0. The molecular formula is C18H18Cl2N2O3S2. The molecule has 1 aliphatic heterocycles. The summed E-state index contributed by atoms with van der Waals surface area (Å²) in [7, 11) is -3.69. The van der Waals surface area contributed by atoms with Crippen molar-refractivity contribution in [3.8, 4) is 5.75 Å². The van der Waals surface area contributed by atoms with E-state index in [1.54, 1.807) is 12.1 Å². The fraction of sp³-hybridized carbons (Fsp3) is 0.222. The van der Waals surface area contributed by atoms with Crippen LogP contribution in [0.4, 0.5) is 5.69 Å². The van der Waals surface area contributed by atoms with Crippen molar-refractivity contribution in [3.63, 3.8) is 0 Å². The Labute approximate surface area is 173 Å². The van der Waals surface area contributed by atoms with Crippen molar-refractivity contribution in [2.24, 2.45) is 0 Å². The topological polar surface area (TPSA) is 67.4 Å². The number of sulfonamides is 1. The highest BCUT2D eigenvalue weighted by molar-refractivity contribution is 7.94. The molecule has 1 aromatic heterocycles. The Hall–Kier alpha value is -1.51. The van der Waals surface area contributed by atoms with Crippen LogP contribution in [-0.2, 0) is 10.0 Å². The van der Waals surface area contributed by atoms with Crippen molar-refractivity contribution in [1.29, 1.82) is 0 Å². The highest BCUT2D eigenvalue weighted by Crippen LogP contribution is 2.35. The van der Waals surface area contributed by atoms with Crippen molar-refractivity contribution < 1.29 is 13.2 Å². The largest absolute Gasteiger partial charge is 0.488 e. The Morgan fingerprint density at radius 1 is 1.11 bits per heavy atom. The van der Waals surface area contributed by atoms with Crippen molar-refractivity contribution in [3.05, 3.63) is 52.9 Å². The fourth-order valence-electron chi connectivity index (χ4n) is 3.01. The lowest BCUT2D eigenvalue weighted by Gasteiger charge is -2.17. The summed E-state index contributed by atoms with van der Waals surface area (Å²) in [6, 6.07) is 14.3. The van der Waals surface area contributed by atoms with Crippen LogP contribution in [0.25, 0.3) is 10.8 Å². The molecule has 0 aliphatic carbocycles. The first-order valence-electron chi connectivity index (χ1n) is 8.20. The molecule has 0 radical (unpaired) electrons. The Morgan fingerprint density at radius 2 is 1.89 bits per heavy atom. The minimum atomic E-state index is -3.69. The van der Waals surface area contributed by atoms with Crippen LogP contribution in [-0.4, -0.2) is 27.6 Å². The molecule has 0 bridgehead atoms. The summed E-state index contributed by atoms with van der Waals surface area (Å²) in [6.45, 7) is 1.77. The third-order valence-electron chi connectivity index (χ3n) is 4.25. The van der Waals surface area contributed by atoms with Gasteiger partial charge in [0.25, 0.3) is 10.0 Å². The molecule has 2 aromatic carbocycles. The van der Waals surface area contributed by atoms with Gasteiger partial charge in [0.2, 0.25) is 0 Å². The number of anilines is 1. The maximum Gasteiger partial charge on any atom is 0.271 e. The molecule has 0 saturated carbocycles. The molecule has 27 heavy (non-hydrogen) atoms. The van der Waals surface area contributed by atoms with Gasteiger partial charge in [-0.15, -0.1) is 23.7 Å². The van der Waals surface area contributed by atoms with Crippen molar-refractivity contribution in [2.45, 2.75) is 16.7 Å². The molecule has 144 valence electrons. The highest BCUT2D eigenvalue weighted by atomic mass is 35.5. The number of halogens is 2. The Bertz CT molecular complexity index is 1050. The molecule has 0 amide bonds. The average Bonchev–Trinajstić information content (AvgIpc) is 3.29. The third-order valence-corrected chi connectivity index (χ3v) is 7.34. The molecule has 0 spiro atoms. The van der Waals surface area contributed by atoms with Crippen LogP contribution in [0.5, 0.6) is 5.75 Å². The van der Waals surface area contributed by atoms with Crippen LogP contribution in [0.1, 0.15) is 6.42 Å². The standard InChI is InChI=1S/C18H17ClN2O3S2.ClH/c19-17-7-8-18(25-17)26(22,23)21-15-5-6-16(24-12-9-10-20-11-12)14-4-2-1-3-13(14)15;/h1-8,12,20-21H,9-11H2;1H. The number of benzene rings is 2. The van der Waals surface area contributed by atoms with Crippen LogP contribution >= 0.6 is 35.3 Å². The number of rotatable bonds is 5. The lowest BCUT2D eigenvalue weighted by atomic mass is 10.1. The summed E-state index contributed by atoms with van der Waals surface area (Å²) < 4.78 is 34.6. The first kappa shape index (κ1) is 20.2. The van der Waals surface area contributed by atoms with E-state index in [-0.39, 0.29) is 22.7 Å². The smallest absolute Gasteiger partial charge is 0.271 e. The first-order chi connectivity index (χ1) is 12.5. The minimum Gasteiger partial charge on any atom is -0.488 e. The molecule has 1 saturated heterocycles. The number of fused-ring (bicyclic) bond motifs is 1. The Balaban J connectivity index is 0.00000210. The first-order valence-corrected chi connectivity index (χ1v) is 10.9. The van der Waals surface area contributed by atoms with Gasteiger partial charge >= 0.3 is 0 Å². The molecule has 1 unspecified atom stereocenters. The Morgan fingerprint density at radius 3 is 2.56 bits per heavy atom. The van der Waals surface area contributed by atoms with Crippen molar-refractivity contribution in [2.75, 3.05) is 17.8 Å². The third kappa shape index (κ3) is 4.33. The predicted molar refractivity (Wildman–Crippen MR) is 113 cm³/mol. The van der Waals surface area contributed by atoms with Crippen molar-refractivity contribution in [1.82, 2.24) is 5.32 Å². The zero-order chi connectivity index (χ0) is 18.1. The van der Waals surface area contributed by atoms with Gasteiger partial charge in [0.05, 0.1) is 10.0 Å². The molecule has 5 nitrogen and oxygen atoms in total. The fourth-order valence-corrected chi connectivity index (χ4v) is 5.57. The van der Waals surface area contributed by atoms with Gasteiger partial charge in [-0.2, -0.15) is 0 Å².